The van der Waals surface area contributed by atoms with Gasteiger partial charge >= 0.3 is 5.97 Å². The largest absolute Gasteiger partial charge is 0.487 e. The predicted molar refractivity (Wildman–Crippen MR) is 152 cm³/mol. The maximum atomic E-state index is 14.3. The van der Waals surface area contributed by atoms with E-state index in [9.17, 15) is 18.4 Å². The topological polar surface area (TPSA) is 114 Å². The number of hydrogen-bond acceptors (Lipinski definition) is 6. The minimum atomic E-state index is -1.10. The SMILES string of the molecule is O=C(O)COc1ccc(-c2nccc3c2C(=O)N(Cc2c[nH]c4ccccc24)CC(COc2ccc(F)cc2F)O3)cc1. The van der Waals surface area contributed by atoms with Crippen LogP contribution in [0.5, 0.6) is 17.2 Å². The van der Waals surface area contributed by atoms with Crippen molar-refractivity contribution in [3.05, 3.63) is 108 Å². The number of amides is 1. The molecule has 3 aromatic carbocycles. The second-order valence-corrected chi connectivity index (χ2v) is 9.91. The van der Waals surface area contributed by atoms with Gasteiger partial charge in [0.1, 0.15) is 29.5 Å². The lowest BCUT2D eigenvalue weighted by atomic mass is 10.0. The van der Waals surface area contributed by atoms with Crippen LogP contribution in [0.1, 0.15) is 15.9 Å². The number of benzene rings is 3. The Labute approximate surface area is 244 Å². The maximum absolute atomic E-state index is 14.3. The molecule has 2 aromatic heterocycles. The molecule has 0 bridgehead atoms. The Hall–Kier alpha value is -5.45. The smallest absolute Gasteiger partial charge is 0.341 e. The van der Waals surface area contributed by atoms with Crippen molar-refractivity contribution < 1.29 is 37.7 Å². The molecule has 0 saturated heterocycles. The standard InChI is InChI=1S/C32H25F2N3O6/c33-21-7-10-27(25(34)13-21)42-17-23-16-37(15-20-14-36-26-4-2-1-3-24(20)26)32(40)30-28(43-23)11-12-35-31(30)19-5-8-22(9-6-19)41-18-29(38)39/h1-14,23,36H,15-18H2,(H,38,39). The molecule has 1 unspecified atom stereocenters. The average molecular weight is 586 g/mol. The highest BCUT2D eigenvalue weighted by Gasteiger charge is 2.33. The Bertz CT molecular complexity index is 1810. The Morgan fingerprint density at radius 1 is 1.07 bits per heavy atom. The third-order valence-electron chi connectivity index (χ3n) is 6.98. The highest BCUT2D eigenvalue weighted by atomic mass is 19.1. The van der Waals surface area contributed by atoms with Crippen molar-refractivity contribution in [2.24, 2.45) is 0 Å². The molecular formula is C32H25F2N3O6. The number of para-hydroxylation sites is 1. The van der Waals surface area contributed by atoms with Gasteiger partial charge in [0.2, 0.25) is 0 Å². The van der Waals surface area contributed by atoms with E-state index in [0.717, 1.165) is 28.6 Å². The van der Waals surface area contributed by atoms with E-state index >= 15 is 0 Å². The number of nitrogens with one attached hydrogen (secondary N) is 1. The average Bonchev–Trinajstić information content (AvgIpc) is 3.35. The lowest BCUT2D eigenvalue weighted by Crippen LogP contribution is -2.39. The number of ether oxygens (including phenoxy) is 3. The lowest BCUT2D eigenvalue weighted by Gasteiger charge is -2.24. The molecule has 0 saturated carbocycles. The molecule has 1 aliphatic heterocycles. The molecule has 3 heterocycles. The number of carboxylic acid groups (broad SMARTS) is 1. The molecule has 218 valence electrons. The first kappa shape index (κ1) is 27.7. The minimum Gasteiger partial charge on any atom is -0.487 e. The van der Waals surface area contributed by atoms with E-state index in [1.165, 1.54) is 12.3 Å². The number of hydrogen-bond donors (Lipinski definition) is 2. The second kappa shape index (κ2) is 11.8. The summed E-state index contributed by atoms with van der Waals surface area (Å²) in [6, 6.07) is 18.9. The molecule has 0 fully saturated rings. The van der Waals surface area contributed by atoms with E-state index in [1.807, 2.05) is 30.5 Å². The molecule has 9 nitrogen and oxygen atoms in total. The van der Waals surface area contributed by atoms with Crippen LogP contribution in [0.2, 0.25) is 0 Å². The number of aromatic amines is 1. The summed E-state index contributed by atoms with van der Waals surface area (Å²) in [4.78, 5) is 34.4. The minimum absolute atomic E-state index is 0.108. The monoisotopic (exact) mass is 585 g/mol. The van der Waals surface area contributed by atoms with Crippen LogP contribution in [-0.2, 0) is 11.3 Å². The van der Waals surface area contributed by atoms with Crippen molar-refractivity contribution in [3.8, 4) is 28.5 Å². The molecule has 0 spiro atoms. The molecule has 1 aliphatic rings. The van der Waals surface area contributed by atoms with Crippen molar-refractivity contribution in [3.63, 3.8) is 0 Å². The van der Waals surface area contributed by atoms with Gasteiger partial charge in [-0.3, -0.25) is 9.78 Å². The molecule has 2 N–H and O–H groups in total. The number of nitrogens with zero attached hydrogens (tertiary/aromatic N) is 2. The van der Waals surface area contributed by atoms with E-state index < -0.39 is 30.3 Å². The first-order valence-electron chi connectivity index (χ1n) is 13.4. The summed E-state index contributed by atoms with van der Waals surface area (Å²) in [5.74, 6) is -2.50. The lowest BCUT2D eigenvalue weighted by molar-refractivity contribution is -0.139. The highest BCUT2D eigenvalue weighted by Crippen LogP contribution is 2.35. The van der Waals surface area contributed by atoms with Gasteiger partial charge in [-0.2, -0.15) is 0 Å². The van der Waals surface area contributed by atoms with Gasteiger partial charge in [-0.25, -0.2) is 13.6 Å². The third kappa shape index (κ3) is 5.96. The normalized spacial score (nSPS) is 14.6. The van der Waals surface area contributed by atoms with Gasteiger partial charge in [-0.1, -0.05) is 18.2 Å². The van der Waals surface area contributed by atoms with Crippen LogP contribution < -0.4 is 14.2 Å². The zero-order valence-corrected chi connectivity index (χ0v) is 22.6. The van der Waals surface area contributed by atoms with E-state index in [1.54, 1.807) is 35.2 Å². The highest BCUT2D eigenvalue weighted by molar-refractivity contribution is 6.03. The maximum Gasteiger partial charge on any atom is 0.341 e. The predicted octanol–water partition coefficient (Wildman–Crippen LogP) is 5.45. The molecule has 1 atom stereocenters. The Balaban J connectivity index is 1.34. The van der Waals surface area contributed by atoms with Gasteiger partial charge in [-0.05, 0) is 54.1 Å². The fourth-order valence-electron chi connectivity index (χ4n) is 4.99. The Kier molecular flexibility index (Phi) is 7.61. The summed E-state index contributed by atoms with van der Waals surface area (Å²) in [5.41, 5.74) is 3.00. The van der Waals surface area contributed by atoms with Crippen molar-refractivity contribution in [1.29, 1.82) is 0 Å². The fraction of sp³-hybridized carbons (Fsp3) is 0.156. The van der Waals surface area contributed by atoms with E-state index in [2.05, 4.69) is 9.97 Å². The van der Waals surface area contributed by atoms with Crippen LogP contribution in [0.3, 0.4) is 0 Å². The number of halogens is 2. The first-order valence-corrected chi connectivity index (χ1v) is 13.4. The van der Waals surface area contributed by atoms with Crippen LogP contribution in [0.25, 0.3) is 22.2 Å². The molecule has 0 radical (unpaired) electrons. The van der Waals surface area contributed by atoms with Crippen molar-refractivity contribution in [2.75, 3.05) is 19.8 Å². The number of carbonyl (C=O) groups excluding carboxylic acids is 1. The molecule has 11 heteroatoms. The second-order valence-electron chi connectivity index (χ2n) is 9.91. The number of fused-ring (bicyclic) bond motifs is 2. The van der Waals surface area contributed by atoms with Gasteiger partial charge in [0, 0.05) is 41.5 Å². The van der Waals surface area contributed by atoms with Crippen LogP contribution in [-0.4, -0.2) is 57.7 Å². The summed E-state index contributed by atoms with van der Waals surface area (Å²) >= 11 is 0. The van der Waals surface area contributed by atoms with Crippen LogP contribution in [0, 0.1) is 11.6 Å². The molecule has 6 rings (SSSR count). The van der Waals surface area contributed by atoms with Gasteiger partial charge in [0.05, 0.1) is 12.2 Å². The molecule has 5 aromatic rings. The zero-order valence-electron chi connectivity index (χ0n) is 22.6. The Morgan fingerprint density at radius 3 is 2.67 bits per heavy atom. The number of carbonyl (C=O) groups is 2. The molecule has 0 aliphatic carbocycles. The number of aromatic nitrogens is 2. The van der Waals surface area contributed by atoms with Crippen LogP contribution in [0.4, 0.5) is 8.78 Å². The molecular weight excluding hydrogens is 560 g/mol. The van der Waals surface area contributed by atoms with E-state index in [4.69, 9.17) is 19.3 Å². The fourth-order valence-corrected chi connectivity index (χ4v) is 4.99. The van der Waals surface area contributed by atoms with Crippen molar-refractivity contribution in [2.45, 2.75) is 12.6 Å². The molecule has 43 heavy (non-hydrogen) atoms. The summed E-state index contributed by atoms with van der Waals surface area (Å²) in [6.45, 7) is -0.258. The van der Waals surface area contributed by atoms with Gasteiger partial charge in [-0.15, -0.1) is 0 Å². The van der Waals surface area contributed by atoms with E-state index in [-0.39, 0.29) is 42.7 Å². The van der Waals surface area contributed by atoms with Gasteiger partial charge in [0.15, 0.2) is 24.3 Å². The number of rotatable bonds is 9. The van der Waals surface area contributed by atoms with Crippen LogP contribution in [0.15, 0.2) is 85.2 Å². The van der Waals surface area contributed by atoms with Crippen molar-refractivity contribution >= 4 is 22.8 Å². The van der Waals surface area contributed by atoms with Gasteiger partial charge in [0.25, 0.3) is 5.91 Å². The first-order chi connectivity index (χ1) is 20.9. The number of carboxylic acids is 1. The Morgan fingerprint density at radius 2 is 1.88 bits per heavy atom. The van der Waals surface area contributed by atoms with Crippen molar-refractivity contribution in [1.82, 2.24) is 14.9 Å². The summed E-state index contributed by atoms with van der Waals surface area (Å²) in [6.07, 6.45) is 2.66. The van der Waals surface area contributed by atoms with Crippen LogP contribution >= 0.6 is 0 Å². The summed E-state index contributed by atoms with van der Waals surface area (Å²) in [5, 5.41) is 9.85. The zero-order chi connectivity index (χ0) is 29.9. The van der Waals surface area contributed by atoms with E-state index in [0.29, 0.717) is 17.0 Å². The quantitative estimate of drug-likeness (QED) is 0.236. The summed E-state index contributed by atoms with van der Waals surface area (Å²) < 4.78 is 44.9. The number of pyridine rings is 1. The molecule has 1 amide bonds. The third-order valence-corrected chi connectivity index (χ3v) is 6.98. The summed E-state index contributed by atoms with van der Waals surface area (Å²) in [7, 11) is 0. The number of aliphatic carboxylic acids is 1. The van der Waals surface area contributed by atoms with Gasteiger partial charge < -0.3 is 29.2 Å². The number of H-pyrrole nitrogens is 1.